The lowest BCUT2D eigenvalue weighted by Gasteiger charge is -2.41. The van der Waals surface area contributed by atoms with Gasteiger partial charge in [0.2, 0.25) is 0 Å². The maximum atomic E-state index is 10.6. The van der Waals surface area contributed by atoms with Gasteiger partial charge in [-0.2, -0.15) is 0 Å². The van der Waals surface area contributed by atoms with E-state index in [1.54, 1.807) is 6.20 Å². The summed E-state index contributed by atoms with van der Waals surface area (Å²) in [6.45, 7) is 0.699. The highest BCUT2D eigenvalue weighted by Gasteiger charge is 2.39. The van der Waals surface area contributed by atoms with Gasteiger partial charge in [0.25, 0.3) is 0 Å². The Morgan fingerprint density at radius 1 is 1.45 bits per heavy atom. The second-order valence-corrected chi connectivity index (χ2v) is 5.95. The molecule has 0 amide bonds. The molecule has 0 bridgehead atoms. The summed E-state index contributed by atoms with van der Waals surface area (Å²) < 4.78 is 0. The van der Waals surface area contributed by atoms with Gasteiger partial charge in [0.05, 0.1) is 4.99 Å². The minimum absolute atomic E-state index is 0.0700. The van der Waals surface area contributed by atoms with Gasteiger partial charge in [0.15, 0.2) is 0 Å². The van der Waals surface area contributed by atoms with E-state index < -0.39 is 0 Å². The van der Waals surface area contributed by atoms with Gasteiger partial charge in [-0.1, -0.05) is 37.5 Å². The first-order chi connectivity index (χ1) is 9.70. The number of thiocarbonyl (C=S) groups is 1. The van der Waals surface area contributed by atoms with Gasteiger partial charge in [-0.05, 0) is 24.5 Å². The van der Waals surface area contributed by atoms with E-state index in [4.69, 9.17) is 12.2 Å². The third kappa shape index (κ3) is 3.06. The summed E-state index contributed by atoms with van der Waals surface area (Å²) in [6.07, 6.45) is 11.1. The Morgan fingerprint density at radius 3 is 2.80 bits per heavy atom. The lowest BCUT2D eigenvalue weighted by molar-refractivity contribution is -0.107. The highest BCUT2D eigenvalue weighted by atomic mass is 32.1. The Labute approximate surface area is 126 Å². The highest BCUT2D eigenvalue weighted by molar-refractivity contribution is 7.80. The number of likely N-dealkylation sites (N-methyl/N-ethyl adjacent to an activating group) is 1. The molecular weight excluding hydrogens is 268 g/mol. The maximum absolute atomic E-state index is 10.6. The molecule has 0 aromatic carbocycles. The number of aromatic nitrogens is 1. The molecule has 1 fully saturated rings. The second kappa shape index (κ2) is 6.93. The van der Waals surface area contributed by atoms with Gasteiger partial charge in [0, 0.05) is 37.8 Å². The van der Waals surface area contributed by atoms with Crippen LogP contribution in [0.4, 0.5) is 0 Å². The van der Waals surface area contributed by atoms with E-state index in [1.807, 2.05) is 19.3 Å². The quantitative estimate of drug-likeness (QED) is 0.616. The molecule has 1 saturated carbocycles. The Hall–Kier alpha value is -1.29. The second-order valence-electron chi connectivity index (χ2n) is 5.57. The van der Waals surface area contributed by atoms with Crippen LogP contribution in [0.5, 0.6) is 0 Å². The molecule has 0 radical (unpaired) electrons. The molecule has 0 spiro atoms. The van der Waals surface area contributed by atoms with Crippen LogP contribution in [0, 0.1) is 0 Å². The Balaban J connectivity index is 2.27. The van der Waals surface area contributed by atoms with Crippen LogP contribution in [-0.2, 0) is 10.2 Å². The minimum atomic E-state index is -0.0700. The number of aldehydes is 1. The largest absolute Gasteiger partial charge is 0.368 e. The number of carbonyl (C=O) groups excluding carboxylic acids is 1. The first-order valence-electron chi connectivity index (χ1n) is 7.30. The summed E-state index contributed by atoms with van der Waals surface area (Å²) >= 11 is 5.79. The molecule has 20 heavy (non-hydrogen) atoms. The molecule has 0 saturated heterocycles. The number of hydrogen-bond donors (Lipinski definition) is 0. The van der Waals surface area contributed by atoms with Gasteiger partial charge in [-0.25, -0.2) is 0 Å². The fraction of sp³-hybridized carbons (Fsp3) is 0.562. The average molecular weight is 290 g/mol. The van der Waals surface area contributed by atoms with Crippen LogP contribution in [-0.4, -0.2) is 34.8 Å². The van der Waals surface area contributed by atoms with E-state index in [0.717, 1.165) is 24.1 Å². The molecule has 1 aliphatic rings. The van der Waals surface area contributed by atoms with Crippen molar-refractivity contribution in [1.82, 2.24) is 9.88 Å². The monoisotopic (exact) mass is 290 g/mol. The number of nitrogens with zero attached hydrogens (tertiary/aromatic N) is 2. The summed E-state index contributed by atoms with van der Waals surface area (Å²) in [5.74, 6) is 0. The summed E-state index contributed by atoms with van der Waals surface area (Å²) in [5.41, 5.74) is 1.15. The molecule has 0 aliphatic heterocycles. The molecular formula is C16H22N2OS. The van der Waals surface area contributed by atoms with Crippen molar-refractivity contribution >= 4 is 23.5 Å². The van der Waals surface area contributed by atoms with Gasteiger partial charge in [0.1, 0.15) is 6.29 Å². The third-order valence-corrected chi connectivity index (χ3v) is 4.96. The van der Waals surface area contributed by atoms with Crippen LogP contribution >= 0.6 is 12.2 Å². The smallest absolute Gasteiger partial charge is 0.121 e. The molecule has 1 aromatic heterocycles. The Morgan fingerprint density at radius 2 is 2.20 bits per heavy atom. The molecule has 0 atom stereocenters. The SMILES string of the molecule is CN(CCC=O)C(=S)C1(c2cccnc2)CCCCC1. The lowest BCUT2D eigenvalue weighted by Crippen LogP contribution is -2.45. The maximum Gasteiger partial charge on any atom is 0.121 e. The lowest BCUT2D eigenvalue weighted by atomic mass is 9.69. The van der Waals surface area contributed by atoms with Crippen molar-refractivity contribution in [3.05, 3.63) is 30.1 Å². The molecule has 2 rings (SSSR count). The molecule has 1 aliphatic carbocycles. The van der Waals surface area contributed by atoms with Crippen molar-refractivity contribution in [1.29, 1.82) is 0 Å². The average Bonchev–Trinajstić information content (AvgIpc) is 2.53. The van der Waals surface area contributed by atoms with Crippen LogP contribution in [0.2, 0.25) is 0 Å². The summed E-state index contributed by atoms with van der Waals surface area (Å²) in [5, 5.41) is 0. The Kier molecular flexibility index (Phi) is 5.24. The topological polar surface area (TPSA) is 33.2 Å². The van der Waals surface area contributed by atoms with Crippen molar-refractivity contribution < 1.29 is 4.79 Å². The fourth-order valence-corrected chi connectivity index (χ4v) is 3.55. The van der Waals surface area contributed by atoms with Crippen LogP contribution in [0.15, 0.2) is 24.5 Å². The van der Waals surface area contributed by atoms with Crippen LogP contribution < -0.4 is 0 Å². The van der Waals surface area contributed by atoms with Crippen LogP contribution in [0.1, 0.15) is 44.1 Å². The summed E-state index contributed by atoms with van der Waals surface area (Å²) in [6, 6.07) is 4.12. The van der Waals surface area contributed by atoms with E-state index >= 15 is 0 Å². The van der Waals surface area contributed by atoms with Crippen molar-refractivity contribution in [2.75, 3.05) is 13.6 Å². The number of carbonyl (C=O) groups is 1. The van der Waals surface area contributed by atoms with Gasteiger partial charge >= 0.3 is 0 Å². The summed E-state index contributed by atoms with van der Waals surface area (Å²) in [4.78, 5) is 17.9. The summed E-state index contributed by atoms with van der Waals surface area (Å²) in [7, 11) is 2.00. The zero-order valence-electron chi connectivity index (χ0n) is 12.0. The highest BCUT2D eigenvalue weighted by Crippen LogP contribution is 2.41. The van der Waals surface area contributed by atoms with Crippen LogP contribution in [0.25, 0.3) is 0 Å². The standard InChI is InChI=1S/C16H22N2OS/c1-18(11-6-12-19)15(20)16(8-3-2-4-9-16)14-7-5-10-17-13-14/h5,7,10,12-13H,2-4,6,8-9,11H2,1H3. The minimum Gasteiger partial charge on any atom is -0.368 e. The first-order valence-corrected chi connectivity index (χ1v) is 7.71. The van der Waals surface area contributed by atoms with E-state index in [1.165, 1.54) is 24.8 Å². The normalized spacial score (nSPS) is 17.4. The fourth-order valence-electron chi connectivity index (χ4n) is 3.14. The van der Waals surface area contributed by atoms with Crippen molar-refractivity contribution in [3.63, 3.8) is 0 Å². The number of pyridine rings is 1. The van der Waals surface area contributed by atoms with Crippen molar-refractivity contribution in [3.8, 4) is 0 Å². The van der Waals surface area contributed by atoms with Crippen molar-refractivity contribution in [2.45, 2.75) is 43.9 Å². The third-order valence-electron chi connectivity index (χ3n) is 4.26. The predicted octanol–water partition coefficient (Wildman–Crippen LogP) is 3.13. The van der Waals surface area contributed by atoms with Gasteiger partial charge in [-0.3, -0.25) is 4.98 Å². The molecule has 4 heteroatoms. The molecule has 0 N–H and O–H groups in total. The molecule has 1 heterocycles. The van der Waals surface area contributed by atoms with Gasteiger partial charge in [-0.15, -0.1) is 0 Å². The molecule has 1 aromatic rings. The molecule has 0 unspecified atom stereocenters. The predicted molar refractivity (Wildman–Crippen MR) is 84.9 cm³/mol. The molecule has 3 nitrogen and oxygen atoms in total. The first kappa shape index (κ1) is 15.1. The number of hydrogen-bond acceptors (Lipinski definition) is 3. The van der Waals surface area contributed by atoms with Crippen LogP contribution in [0.3, 0.4) is 0 Å². The molecule has 108 valence electrons. The number of rotatable bonds is 5. The zero-order valence-corrected chi connectivity index (χ0v) is 12.9. The Bertz CT molecular complexity index is 455. The van der Waals surface area contributed by atoms with E-state index in [2.05, 4.69) is 16.0 Å². The van der Waals surface area contributed by atoms with E-state index in [9.17, 15) is 4.79 Å². The van der Waals surface area contributed by atoms with Gasteiger partial charge < -0.3 is 9.69 Å². The van der Waals surface area contributed by atoms with E-state index in [0.29, 0.717) is 13.0 Å². The van der Waals surface area contributed by atoms with E-state index in [-0.39, 0.29) is 5.41 Å². The zero-order chi connectivity index (χ0) is 14.4. The van der Waals surface area contributed by atoms with Crippen molar-refractivity contribution in [2.24, 2.45) is 0 Å².